The Labute approximate surface area is 124 Å². The lowest BCUT2D eigenvalue weighted by Gasteiger charge is -2.19. The van der Waals surface area contributed by atoms with E-state index >= 15 is 0 Å². The quantitative estimate of drug-likeness (QED) is 0.534. The molecule has 0 heterocycles. The van der Waals surface area contributed by atoms with Crippen molar-refractivity contribution < 1.29 is 24.6 Å². The van der Waals surface area contributed by atoms with Gasteiger partial charge in [-0.1, -0.05) is 25.7 Å². The normalized spacial score (nSPS) is 17.5. The van der Waals surface area contributed by atoms with Crippen molar-refractivity contribution in [1.29, 1.82) is 0 Å². The van der Waals surface area contributed by atoms with Gasteiger partial charge in [-0.2, -0.15) is 0 Å². The molecule has 4 N–H and O–H groups in total. The summed E-state index contributed by atoms with van der Waals surface area (Å²) in [4.78, 5) is 33.3. The standard InChI is InChI=1S/C14H24N2O5/c17-12(18)9-5-8-11(13(19)20)16-14(21)15-10-6-3-1-2-4-7-10/h10-11H,1-9H2,(H,17,18)(H,19,20)(H2,15,16,21)/t11-/m1/s1. The van der Waals surface area contributed by atoms with Gasteiger partial charge in [-0.25, -0.2) is 9.59 Å². The topological polar surface area (TPSA) is 116 Å². The predicted octanol–water partition coefficient (Wildman–Crippen LogP) is 1.72. The zero-order valence-electron chi connectivity index (χ0n) is 12.1. The molecule has 0 bridgehead atoms. The number of hydrogen-bond donors (Lipinski definition) is 4. The molecule has 7 heteroatoms. The summed E-state index contributed by atoms with van der Waals surface area (Å²) in [6, 6.07) is -1.43. The SMILES string of the molecule is O=C(O)CCC[C@@H](NC(=O)NC1CCCCCC1)C(=O)O. The Hall–Kier alpha value is -1.79. The zero-order chi connectivity index (χ0) is 15.7. The maximum Gasteiger partial charge on any atom is 0.326 e. The van der Waals surface area contributed by atoms with Crippen LogP contribution in [0.25, 0.3) is 0 Å². The van der Waals surface area contributed by atoms with E-state index in [9.17, 15) is 14.4 Å². The summed E-state index contributed by atoms with van der Waals surface area (Å²) in [6.07, 6.45) is 6.57. The van der Waals surface area contributed by atoms with Crippen LogP contribution in [-0.2, 0) is 9.59 Å². The number of carbonyl (C=O) groups is 3. The Morgan fingerprint density at radius 2 is 1.67 bits per heavy atom. The van der Waals surface area contributed by atoms with Gasteiger partial charge < -0.3 is 20.8 Å². The van der Waals surface area contributed by atoms with Gasteiger partial charge in [0.25, 0.3) is 0 Å². The first kappa shape index (κ1) is 17.3. The Bertz CT molecular complexity index is 364. The largest absolute Gasteiger partial charge is 0.481 e. The summed E-state index contributed by atoms with van der Waals surface area (Å²) in [5.41, 5.74) is 0. The van der Waals surface area contributed by atoms with Crippen LogP contribution >= 0.6 is 0 Å². The number of nitrogens with one attached hydrogen (secondary N) is 2. The number of amides is 2. The van der Waals surface area contributed by atoms with E-state index < -0.39 is 24.0 Å². The van der Waals surface area contributed by atoms with Crippen LogP contribution in [-0.4, -0.2) is 40.3 Å². The number of rotatable bonds is 7. The van der Waals surface area contributed by atoms with Crippen molar-refractivity contribution in [1.82, 2.24) is 10.6 Å². The number of hydrogen-bond acceptors (Lipinski definition) is 3. The molecule has 0 aromatic rings. The van der Waals surface area contributed by atoms with Crippen LogP contribution in [0.5, 0.6) is 0 Å². The highest BCUT2D eigenvalue weighted by atomic mass is 16.4. The van der Waals surface area contributed by atoms with Crippen molar-refractivity contribution in [2.24, 2.45) is 0 Å². The summed E-state index contributed by atoms with van der Waals surface area (Å²) in [5, 5.41) is 22.8. The number of carboxylic acid groups (broad SMARTS) is 2. The van der Waals surface area contributed by atoms with E-state index in [1.54, 1.807) is 0 Å². The lowest BCUT2D eigenvalue weighted by Crippen LogP contribution is -2.49. The molecule has 0 unspecified atom stereocenters. The fraction of sp³-hybridized carbons (Fsp3) is 0.786. The fourth-order valence-electron chi connectivity index (χ4n) is 2.52. The molecule has 7 nitrogen and oxygen atoms in total. The number of urea groups is 1. The molecular formula is C14H24N2O5. The highest BCUT2D eigenvalue weighted by Crippen LogP contribution is 2.17. The molecule has 1 aliphatic rings. The monoisotopic (exact) mass is 300 g/mol. The minimum atomic E-state index is -1.14. The van der Waals surface area contributed by atoms with Gasteiger partial charge in [-0.05, 0) is 25.7 Å². The Balaban J connectivity index is 2.36. The molecule has 0 saturated heterocycles. The van der Waals surface area contributed by atoms with Crippen LogP contribution in [0.1, 0.15) is 57.8 Å². The highest BCUT2D eigenvalue weighted by Gasteiger charge is 2.21. The second-order valence-electron chi connectivity index (χ2n) is 5.48. The van der Waals surface area contributed by atoms with Gasteiger partial charge in [0.05, 0.1) is 0 Å². The summed E-state index contributed by atoms with van der Waals surface area (Å²) in [7, 11) is 0. The molecule has 0 aromatic heterocycles. The molecule has 1 fully saturated rings. The van der Waals surface area contributed by atoms with E-state index in [1.165, 1.54) is 12.8 Å². The van der Waals surface area contributed by atoms with E-state index in [0.717, 1.165) is 25.7 Å². The first-order valence-corrected chi connectivity index (χ1v) is 7.50. The smallest absolute Gasteiger partial charge is 0.326 e. The van der Waals surface area contributed by atoms with Crippen molar-refractivity contribution in [2.45, 2.75) is 69.9 Å². The van der Waals surface area contributed by atoms with Crippen molar-refractivity contribution >= 4 is 18.0 Å². The van der Waals surface area contributed by atoms with E-state index in [0.29, 0.717) is 0 Å². The average Bonchev–Trinajstić information content (AvgIpc) is 2.65. The molecule has 1 rings (SSSR count). The minimum absolute atomic E-state index is 0.0981. The van der Waals surface area contributed by atoms with Gasteiger partial charge >= 0.3 is 18.0 Å². The molecule has 2 amide bonds. The second kappa shape index (κ2) is 9.20. The third kappa shape index (κ3) is 7.53. The molecule has 21 heavy (non-hydrogen) atoms. The van der Waals surface area contributed by atoms with Crippen LogP contribution in [0.4, 0.5) is 4.79 Å². The van der Waals surface area contributed by atoms with Gasteiger partial charge in [0, 0.05) is 12.5 Å². The average molecular weight is 300 g/mol. The lowest BCUT2D eigenvalue weighted by atomic mass is 10.1. The number of carboxylic acids is 2. The maximum absolute atomic E-state index is 11.8. The summed E-state index contributed by atoms with van der Waals surface area (Å²) < 4.78 is 0. The molecule has 0 spiro atoms. The Morgan fingerprint density at radius 1 is 1.05 bits per heavy atom. The summed E-state index contributed by atoms with van der Waals surface area (Å²) >= 11 is 0. The number of carbonyl (C=O) groups excluding carboxylic acids is 1. The number of aliphatic carboxylic acids is 2. The van der Waals surface area contributed by atoms with Crippen LogP contribution < -0.4 is 10.6 Å². The van der Waals surface area contributed by atoms with Crippen LogP contribution in [0.2, 0.25) is 0 Å². The molecule has 1 saturated carbocycles. The van der Waals surface area contributed by atoms with Crippen molar-refractivity contribution in [3.05, 3.63) is 0 Å². The third-order valence-corrected chi connectivity index (χ3v) is 3.68. The fourth-order valence-corrected chi connectivity index (χ4v) is 2.52. The van der Waals surface area contributed by atoms with Crippen molar-refractivity contribution in [2.75, 3.05) is 0 Å². The molecule has 0 aliphatic heterocycles. The van der Waals surface area contributed by atoms with Crippen LogP contribution in [0.15, 0.2) is 0 Å². The Morgan fingerprint density at radius 3 is 2.19 bits per heavy atom. The van der Waals surface area contributed by atoms with E-state index in [2.05, 4.69) is 10.6 Å². The van der Waals surface area contributed by atoms with Gasteiger partial charge in [-0.3, -0.25) is 4.79 Å². The first-order chi connectivity index (χ1) is 9.99. The Kier molecular flexibility index (Phi) is 7.56. The van der Waals surface area contributed by atoms with Gasteiger partial charge in [0.15, 0.2) is 0 Å². The lowest BCUT2D eigenvalue weighted by molar-refractivity contribution is -0.140. The highest BCUT2D eigenvalue weighted by molar-refractivity contribution is 5.82. The van der Waals surface area contributed by atoms with Crippen LogP contribution in [0, 0.1) is 0 Å². The zero-order valence-corrected chi connectivity index (χ0v) is 12.1. The van der Waals surface area contributed by atoms with Gasteiger partial charge in [-0.15, -0.1) is 0 Å². The first-order valence-electron chi connectivity index (χ1n) is 7.50. The summed E-state index contributed by atoms with van der Waals surface area (Å²) in [5.74, 6) is -2.11. The van der Waals surface area contributed by atoms with Gasteiger partial charge in [0.2, 0.25) is 0 Å². The molecule has 0 aromatic carbocycles. The molecule has 1 aliphatic carbocycles. The molecule has 1 atom stereocenters. The third-order valence-electron chi connectivity index (χ3n) is 3.68. The maximum atomic E-state index is 11.8. The van der Waals surface area contributed by atoms with Crippen molar-refractivity contribution in [3.8, 4) is 0 Å². The molecule has 0 radical (unpaired) electrons. The minimum Gasteiger partial charge on any atom is -0.481 e. The second-order valence-corrected chi connectivity index (χ2v) is 5.48. The van der Waals surface area contributed by atoms with E-state index in [4.69, 9.17) is 10.2 Å². The van der Waals surface area contributed by atoms with Crippen LogP contribution in [0.3, 0.4) is 0 Å². The molecular weight excluding hydrogens is 276 g/mol. The van der Waals surface area contributed by atoms with E-state index in [1.807, 2.05) is 0 Å². The predicted molar refractivity (Wildman–Crippen MR) is 76.1 cm³/mol. The summed E-state index contributed by atoms with van der Waals surface area (Å²) in [6.45, 7) is 0. The molecule has 120 valence electrons. The van der Waals surface area contributed by atoms with E-state index in [-0.39, 0.29) is 25.3 Å². The van der Waals surface area contributed by atoms with Crippen molar-refractivity contribution in [3.63, 3.8) is 0 Å². The van der Waals surface area contributed by atoms with Gasteiger partial charge in [0.1, 0.15) is 6.04 Å².